The SMILES string of the molecule is CC[C@]1(O)CC[C@@]2(C)C(=CC[C@@H]3C2CC[C@]2(C)[C@@H]([C@H](C)[C@H](O)CC4CCC(C)(C)CC4)CC[C@@H]32)C1. The molecule has 0 saturated heterocycles. The molecule has 9 atom stereocenters. The molecule has 0 amide bonds. The summed E-state index contributed by atoms with van der Waals surface area (Å²) in [6.45, 7) is 14.6. The smallest absolute Gasteiger partial charge is 0.0682 e. The molecule has 200 valence electrons. The van der Waals surface area contributed by atoms with E-state index in [1.165, 1.54) is 64.2 Å². The van der Waals surface area contributed by atoms with Gasteiger partial charge in [0.25, 0.3) is 0 Å². The van der Waals surface area contributed by atoms with Crippen LogP contribution in [-0.2, 0) is 0 Å². The molecule has 2 heteroatoms. The molecule has 0 radical (unpaired) electrons. The highest BCUT2D eigenvalue weighted by Crippen LogP contribution is 2.68. The average molecular weight is 485 g/mol. The third kappa shape index (κ3) is 4.49. The van der Waals surface area contributed by atoms with Crippen molar-refractivity contribution in [2.45, 2.75) is 143 Å². The highest BCUT2D eigenvalue weighted by molar-refractivity contribution is 5.27. The topological polar surface area (TPSA) is 40.5 Å². The van der Waals surface area contributed by atoms with Gasteiger partial charge >= 0.3 is 0 Å². The molecule has 0 bridgehead atoms. The molecule has 0 heterocycles. The second kappa shape index (κ2) is 9.14. The lowest BCUT2D eigenvalue weighted by Crippen LogP contribution is -2.52. The van der Waals surface area contributed by atoms with Crippen molar-refractivity contribution in [1.29, 1.82) is 0 Å². The third-order valence-electron chi connectivity index (χ3n) is 13.3. The van der Waals surface area contributed by atoms with Gasteiger partial charge in [-0.3, -0.25) is 0 Å². The van der Waals surface area contributed by atoms with Gasteiger partial charge in [-0.25, -0.2) is 0 Å². The van der Waals surface area contributed by atoms with Gasteiger partial charge < -0.3 is 10.2 Å². The summed E-state index contributed by atoms with van der Waals surface area (Å²) in [6.07, 6.45) is 19.3. The van der Waals surface area contributed by atoms with Gasteiger partial charge in [0.1, 0.15) is 0 Å². The molecular formula is C33H56O2. The number of aliphatic hydroxyl groups is 2. The van der Waals surface area contributed by atoms with Crippen LogP contribution >= 0.6 is 0 Å². The van der Waals surface area contributed by atoms with Crippen molar-refractivity contribution in [3.63, 3.8) is 0 Å². The van der Waals surface area contributed by atoms with Crippen LogP contribution in [0.3, 0.4) is 0 Å². The maximum Gasteiger partial charge on any atom is 0.0682 e. The minimum atomic E-state index is -0.459. The van der Waals surface area contributed by atoms with Crippen molar-refractivity contribution in [2.75, 3.05) is 0 Å². The minimum Gasteiger partial charge on any atom is -0.393 e. The van der Waals surface area contributed by atoms with Crippen LogP contribution in [0.25, 0.3) is 0 Å². The second-order valence-corrected chi connectivity index (χ2v) is 15.5. The zero-order valence-corrected chi connectivity index (χ0v) is 23.9. The van der Waals surface area contributed by atoms with Gasteiger partial charge in [0.15, 0.2) is 0 Å². The van der Waals surface area contributed by atoms with E-state index >= 15 is 0 Å². The third-order valence-corrected chi connectivity index (χ3v) is 13.3. The lowest BCUT2D eigenvalue weighted by atomic mass is 9.46. The molecule has 0 spiro atoms. The first kappa shape index (κ1) is 26.3. The minimum absolute atomic E-state index is 0.125. The van der Waals surface area contributed by atoms with E-state index in [-0.39, 0.29) is 6.10 Å². The predicted octanol–water partition coefficient (Wildman–Crippen LogP) is 8.31. The predicted molar refractivity (Wildman–Crippen MR) is 146 cm³/mol. The molecule has 5 aliphatic carbocycles. The first-order chi connectivity index (χ1) is 16.4. The number of allylic oxidation sites excluding steroid dienone is 1. The van der Waals surface area contributed by atoms with Crippen molar-refractivity contribution >= 4 is 0 Å². The largest absolute Gasteiger partial charge is 0.393 e. The van der Waals surface area contributed by atoms with Crippen molar-refractivity contribution in [1.82, 2.24) is 0 Å². The maximum absolute atomic E-state index is 11.4. The summed E-state index contributed by atoms with van der Waals surface area (Å²) in [6, 6.07) is 0. The van der Waals surface area contributed by atoms with Crippen LogP contribution in [0.1, 0.15) is 131 Å². The lowest BCUT2D eigenvalue weighted by Gasteiger charge is -2.59. The van der Waals surface area contributed by atoms with Gasteiger partial charge in [0.05, 0.1) is 11.7 Å². The fourth-order valence-corrected chi connectivity index (χ4v) is 10.4. The standard InChI is InChI=1S/C33H56O2/c1-7-33(35)19-18-31(5)24(21-33)8-9-25-27-11-10-26(32(27,6)17-14-28(25)31)22(2)29(34)20-23-12-15-30(3,4)16-13-23/h8,22-23,25-29,34-35H,7,9-21H2,1-6H3/t22-,25-,26+,27-,28?,29+,31-,32+,33-/m0/s1. The number of hydrogen-bond acceptors (Lipinski definition) is 2. The number of hydrogen-bond donors (Lipinski definition) is 2. The van der Waals surface area contributed by atoms with E-state index in [0.717, 1.165) is 49.4 Å². The number of rotatable bonds is 5. The van der Waals surface area contributed by atoms with E-state index in [0.29, 0.717) is 28.1 Å². The molecule has 0 aromatic rings. The van der Waals surface area contributed by atoms with E-state index in [2.05, 4.69) is 47.6 Å². The Hall–Kier alpha value is -0.340. The highest BCUT2D eigenvalue weighted by atomic mass is 16.3. The zero-order chi connectivity index (χ0) is 25.2. The van der Waals surface area contributed by atoms with Crippen molar-refractivity contribution in [3.8, 4) is 0 Å². The first-order valence-corrected chi connectivity index (χ1v) is 15.5. The van der Waals surface area contributed by atoms with Crippen LogP contribution in [0.5, 0.6) is 0 Å². The van der Waals surface area contributed by atoms with E-state index < -0.39 is 5.60 Å². The molecule has 5 aliphatic rings. The summed E-state index contributed by atoms with van der Waals surface area (Å²) in [4.78, 5) is 0. The van der Waals surface area contributed by atoms with E-state index in [1.807, 2.05) is 0 Å². The lowest BCUT2D eigenvalue weighted by molar-refractivity contribution is -0.0827. The van der Waals surface area contributed by atoms with Crippen LogP contribution < -0.4 is 0 Å². The maximum atomic E-state index is 11.4. The molecule has 2 nitrogen and oxygen atoms in total. The average Bonchev–Trinajstić information content (AvgIpc) is 3.17. The molecule has 0 aliphatic heterocycles. The Kier molecular flexibility index (Phi) is 6.86. The normalized spacial score (nSPS) is 47.3. The fourth-order valence-electron chi connectivity index (χ4n) is 10.4. The Bertz CT molecular complexity index is 804. The number of fused-ring (bicyclic) bond motifs is 5. The Morgan fingerprint density at radius 1 is 0.914 bits per heavy atom. The summed E-state index contributed by atoms with van der Waals surface area (Å²) in [7, 11) is 0. The molecule has 2 N–H and O–H groups in total. The molecule has 0 aromatic carbocycles. The molecule has 0 aromatic heterocycles. The van der Waals surface area contributed by atoms with Gasteiger partial charge in [-0.2, -0.15) is 0 Å². The summed E-state index contributed by atoms with van der Waals surface area (Å²) in [5.74, 6) is 4.26. The molecule has 35 heavy (non-hydrogen) atoms. The van der Waals surface area contributed by atoms with E-state index in [9.17, 15) is 10.2 Å². The fraction of sp³-hybridized carbons (Fsp3) is 0.939. The summed E-state index contributed by atoms with van der Waals surface area (Å²) < 4.78 is 0. The van der Waals surface area contributed by atoms with Crippen LogP contribution in [0.4, 0.5) is 0 Å². The van der Waals surface area contributed by atoms with Crippen molar-refractivity contribution in [2.24, 2.45) is 51.8 Å². The first-order valence-electron chi connectivity index (χ1n) is 15.5. The molecular weight excluding hydrogens is 428 g/mol. The van der Waals surface area contributed by atoms with E-state index in [1.54, 1.807) is 5.57 Å². The summed E-state index contributed by atoms with van der Waals surface area (Å²) >= 11 is 0. The summed E-state index contributed by atoms with van der Waals surface area (Å²) in [5.41, 5.74) is 2.35. The Morgan fingerprint density at radius 3 is 2.31 bits per heavy atom. The molecule has 4 saturated carbocycles. The van der Waals surface area contributed by atoms with Gasteiger partial charge in [-0.15, -0.1) is 0 Å². The Balaban J connectivity index is 1.27. The molecule has 1 unspecified atom stereocenters. The monoisotopic (exact) mass is 484 g/mol. The highest BCUT2D eigenvalue weighted by Gasteiger charge is 2.60. The summed E-state index contributed by atoms with van der Waals surface area (Å²) in [5, 5.41) is 22.5. The Morgan fingerprint density at radius 2 is 1.63 bits per heavy atom. The van der Waals surface area contributed by atoms with Gasteiger partial charge in [-0.05, 0) is 142 Å². The van der Waals surface area contributed by atoms with Gasteiger partial charge in [-0.1, -0.05) is 53.2 Å². The van der Waals surface area contributed by atoms with Gasteiger partial charge in [0, 0.05) is 0 Å². The van der Waals surface area contributed by atoms with E-state index in [4.69, 9.17) is 0 Å². The van der Waals surface area contributed by atoms with Crippen LogP contribution in [0.2, 0.25) is 0 Å². The Labute approximate surface area is 216 Å². The van der Waals surface area contributed by atoms with Crippen LogP contribution in [0, 0.1) is 51.8 Å². The zero-order valence-electron chi connectivity index (χ0n) is 23.9. The van der Waals surface area contributed by atoms with Crippen molar-refractivity contribution in [3.05, 3.63) is 11.6 Å². The van der Waals surface area contributed by atoms with Crippen molar-refractivity contribution < 1.29 is 10.2 Å². The molecule has 4 fully saturated rings. The molecule has 5 rings (SSSR count). The quantitative estimate of drug-likeness (QED) is 0.385. The van der Waals surface area contributed by atoms with Gasteiger partial charge in [0.2, 0.25) is 0 Å². The second-order valence-electron chi connectivity index (χ2n) is 15.5. The number of aliphatic hydroxyl groups excluding tert-OH is 1. The van der Waals surface area contributed by atoms with Crippen LogP contribution in [-0.4, -0.2) is 21.9 Å². The van der Waals surface area contributed by atoms with Crippen LogP contribution in [0.15, 0.2) is 11.6 Å².